The highest BCUT2D eigenvalue weighted by molar-refractivity contribution is 5.73. The molecule has 0 spiro atoms. The van der Waals surface area contributed by atoms with E-state index in [0.717, 1.165) is 5.69 Å². The van der Waals surface area contributed by atoms with Crippen LogP contribution in [0.25, 0.3) is 0 Å². The van der Waals surface area contributed by atoms with Crippen molar-refractivity contribution in [1.82, 2.24) is 15.3 Å². The van der Waals surface area contributed by atoms with Crippen LogP contribution in [0.4, 0.5) is 0 Å². The Labute approximate surface area is 87.5 Å². The largest absolute Gasteiger partial charge is 0.480 e. The van der Waals surface area contributed by atoms with Gasteiger partial charge in [0.15, 0.2) is 0 Å². The number of aryl methyl sites for hydroxylation is 1. The fourth-order valence-electron chi connectivity index (χ4n) is 1.05. The molecule has 0 amide bonds. The Morgan fingerprint density at radius 2 is 2.47 bits per heavy atom. The van der Waals surface area contributed by atoms with Gasteiger partial charge in [-0.3, -0.25) is 4.79 Å². The highest BCUT2D eigenvalue weighted by Crippen LogP contribution is 1.93. The molecular formula is C9H14N4O2. The number of hydrogen-bond donors (Lipinski definition) is 3. The molecule has 0 aliphatic rings. The van der Waals surface area contributed by atoms with Crippen molar-refractivity contribution in [2.45, 2.75) is 19.5 Å². The summed E-state index contributed by atoms with van der Waals surface area (Å²) in [5, 5.41) is 11.4. The maximum Gasteiger partial charge on any atom is 0.321 e. The minimum absolute atomic E-state index is 0.221. The predicted octanol–water partition coefficient (Wildman–Crippen LogP) is -0.713. The topological polar surface area (TPSA) is 101 Å². The summed E-state index contributed by atoms with van der Waals surface area (Å²) in [7, 11) is 0. The first-order chi connectivity index (χ1) is 7.09. The second-order valence-electron chi connectivity index (χ2n) is 3.17. The third kappa shape index (κ3) is 4.01. The highest BCUT2D eigenvalue weighted by Gasteiger charge is 2.09. The number of carboxylic acid groups (broad SMARTS) is 1. The molecule has 0 saturated heterocycles. The molecule has 15 heavy (non-hydrogen) atoms. The van der Waals surface area contributed by atoms with Crippen LogP contribution in [0.3, 0.4) is 0 Å². The maximum atomic E-state index is 10.4. The molecular weight excluding hydrogens is 196 g/mol. The highest BCUT2D eigenvalue weighted by atomic mass is 16.4. The summed E-state index contributed by atoms with van der Waals surface area (Å²) < 4.78 is 0. The molecule has 1 aromatic rings. The Kier molecular flexibility index (Phi) is 4.14. The summed E-state index contributed by atoms with van der Waals surface area (Å²) in [6.45, 7) is 2.51. The molecule has 1 unspecified atom stereocenters. The van der Waals surface area contributed by atoms with E-state index in [0.29, 0.717) is 12.4 Å². The zero-order valence-corrected chi connectivity index (χ0v) is 8.47. The number of nitrogens with one attached hydrogen (secondary N) is 1. The van der Waals surface area contributed by atoms with Gasteiger partial charge in [0, 0.05) is 19.3 Å². The Hall–Kier alpha value is -1.53. The Morgan fingerprint density at radius 1 is 1.73 bits per heavy atom. The van der Waals surface area contributed by atoms with E-state index in [4.69, 9.17) is 10.8 Å². The van der Waals surface area contributed by atoms with E-state index in [1.807, 2.05) is 0 Å². The molecule has 1 aromatic heterocycles. The number of aromatic nitrogens is 2. The van der Waals surface area contributed by atoms with E-state index >= 15 is 0 Å². The number of nitrogens with zero attached hydrogens (tertiary/aromatic N) is 2. The molecule has 6 nitrogen and oxygen atoms in total. The first kappa shape index (κ1) is 11.5. The van der Waals surface area contributed by atoms with Gasteiger partial charge in [0.25, 0.3) is 0 Å². The monoisotopic (exact) mass is 210 g/mol. The third-order valence-corrected chi connectivity index (χ3v) is 1.82. The van der Waals surface area contributed by atoms with Gasteiger partial charge in [-0.2, -0.15) is 0 Å². The van der Waals surface area contributed by atoms with Crippen molar-refractivity contribution < 1.29 is 9.90 Å². The lowest BCUT2D eigenvalue weighted by Crippen LogP contribution is -2.40. The third-order valence-electron chi connectivity index (χ3n) is 1.82. The van der Waals surface area contributed by atoms with E-state index in [1.54, 1.807) is 19.2 Å². The normalized spacial score (nSPS) is 12.4. The number of carbonyl (C=O) groups is 1. The molecule has 1 rings (SSSR count). The van der Waals surface area contributed by atoms with E-state index in [2.05, 4.69) is 15.3 Å². The van der Waals surface area contributed by atoms with Crippen molar-refractivity contribution >= 4 is 5.97 Å². The van der Waals surface area contributed by atoms with Gasteiger partial charge in [-0.15, -0.1) is 0 Å². The van der Waals surface area contributed by atoms with Crippen molar-refractivity contribution in [3.05, 3.63) is 23.8 Å². The summed E-state index contributed by atoms with van der Waals surface area (Å²) in [4.78, 5) is 18.5. The lowest BCUT2D eigenvalue weighted by atomic mass is 10.3. The van der Waals surface area contributed by atoms with Crippen molar-refractivity contribution in [2.75, 3.05) is 6.54 Å². The Morgan fingerprint density at radius 3 is 3.07 bits per heavy atom. The van der Waals surface area contributed by atoms with Crippen LogP contribution in [-0.2, 0) is 11.3 Å². The molecule has 0 radical (unpaired) electrons. The lowest BCUT2D eigenvalue weighted by molar-refractivity contribution is -0.138. The minimum atomic E-state index is -1.01. The number of carboxylic acids is 1. The molecule has 82 valence electrons. The van der Waals surface area contributed by atoms with Crippen molar-refractivity contribution in [1.29, 1.82) is 0 Å². The average molecular weight is 210 g/mol. The summed E-state index contributed by atoms with van der Waals surface area (Å²) in [6, 6.07) is 0.889. The summed E-state index contributed by atoms with van der Waals surface area (Å²) in [5.74, 6) is -0.321. The summed E-state index contributed by atoms with van der Waals surface area (Å²) in [5.41, 5.74) is 6.14. The summed E-state index contributed by atoms with van der Waals surface area (Å²) in [6.07, 6.45) is 1.66. The SMILES string of the molecule is Cc1nccc(CNCC(N)C(=O)O)n1. The van der Waals surface area contributed by atoms with Gasteiger partial charge >= 0.3 is 5.97 Å². The fourth-order valence-corrected chi connectivity index (χ4v) is 1.05. The van der Waals surface area contributed by atoms with Gasteiger partial charge in [0.2, 0.25) is 0 Å². The standard InChI is InChI=1S/C9H14N4O2/c1-6-12-3-2-7(13-6)4-11-5-8(10)9(14)15/h2-3,8,11H,4-5,10H2,1H3,(H,14,15). The summed E-state index contributed by atoms with van der Waals surface area (Å²) >= 11 is 0. The molecule has 6 heteroatoms. The zero-order chi connectivity index (χ0) is 11.3. The number of nitrogens with two attached hydrogens (primary N) is 1. The molecule has 1 atom stereocenters. The van der Waals surface area contributed by atoms with Gasteiger partial charge in [-0.25, -0.2) is 9.97 Å². The van der Waals surface area contributed by atoms with E-state index in [1.165, 1.54) is 0 Å². The Balaban J connectivity index is 2.35. The van der Waals surface area contributed by atoms with Crippen LogP contribution in [0.1, 0.15) is 11.5 Å². The fraction of sp³-hybridized carbons (Fsp3) is 0.444. The molecule has 1 heterocycles. The van der Waals surface area contributed by atoms with Gasteiger partial charge < -0.3 is 16.2 Å². The van der Waals surface area contributed by atoms with Crippen LogP contribution in [0.2, 0.25) is 0 Å². The van der Waals surface area contributed by atoms with Crippen LogP contribution in [0, 0.1) is 6.92 Å². The van der Waals surface area contributed by atoms with Gasteiger partial charge in [-0.1, -0.05) is 0 Å². The van der Waals surface area contributed by atoms with Crippen LogP contribution >= 0.6 is 0 Å². The second-order valence-corrected chi connectivity index (χ2v) is 3.17. The van der Waals surface area contributed by atoms with Crippen LogP contribution in [0.15, 0.2) is 12.3 Å². The average Bonchev–Trinajstić information content (AvgIpc) is 2.17. The van der Waals surface area contributed by atoms with E-state index in [-0.39, 0.29) is 6.54 Å². The first-order valence-corrected chi connectivity index (χ1v) is 4.57. The smallest absolute Gasteiger partial charge is 0.321 e. The van der Waals surface area contributed by atoms with Crippen molar-refractivity contribution in [3.8, 4) is 0 Å². The quantitative estimate of drug-likeness (QED) is 0.593. The van der Waals surface area contributed by atoms with Crippen LogP contribution < -0.4 is 11.1 Å². The minimum Gasteiger partial charge on any atom is -0.480 e. The zero-order valence-electron chi connectivity index (χ0n) is 8.47. The molecule has 4 N–H and O–H groups in total. The van der Waals surface area contributed by atoms with E-state index < -0.39 is 12.0 Å². The first-order valence-electron chi connectivity index (χ1n) is 4.57. The van der Waals surface area contributed by atoms with Crippen molar-refractivity contribution in [3.63, 3.8) is 0 Å². The van der Waals surface area contributed by atoms with Gasteiger partial charge in [-0.05, 0) is 13.0 Å². The van der Waals surface area contributed by atoms with Gasteiger partial charge in [0.1, 0.15) is 11.9 Å². The maximum absolute atomic E-state index is 10.4. The molecule has 0 saturated carbocycles. The van der Waals surface area contributed by atoms with Crippen molar-refractivity contribution in [2.24, 2.45) is 5.73 Å². The van der Waals surface area contributed by atoms with Crippen LogP contribution in [0.5, 0.6) is 0 Å². The molecule has 0 bridgehead atoms. The number of aliphatic carboxylic acids is 1. The number of hydrogen-bond acceptors (Lipinski definition) is 5. The lowest BCUT2D eigenvalue weighted by Gasteiger charge is -2.07. The second kappa shape index (κ2) is 5.38. The Bertz CT molecular complexity index is 343. The molecule has 0 aromatic carbocycles. The molecule has 0 fully saturated rings. The predicted molar refractivity (Wildman–Crippen MR) is 54.1 cm³/mol. The van der Waals surface area contributed by atoms with Gasteiger partial charge in [0.05, 0.1) is 5.69 Å². The van der Waals surface area contributed by atoms with Crippen LogP contribution in [-0.4, -0.2) is 33.6 Å². The molecule has 0 aliphatic carbocycles. The molecule has 0 aliphatic heterocycles. The number of rotatable bonds is 5. The van der Waals surface area contributed by atoms with E-state index in [9.17, 15) is 4.79 Å².